The van der Waals surface area contributed by atoms with E-state index < -0.39 is 8.38 Å². The van der Waals surface area contributed by atoms with Crippen molar-refractivity contribution in [3.63, 3.8) is 0 Å². The highest BCUT2D eigenvalue weighted by Gasteiger charge is 2.15. The first-order chi connectivity index (χ1) is 6.72. The van der Waals surface area contributed by atoms with Crippen LogP contribution in [0.1, 0.15) is 46.5 Å². The van der Waals surface area contributed by atoms with E-state index in [0.717, 1.165) is 25.7 Å². The summed E-state index contributed by atoms with van der Waals surface area (Å²) in [6, 6.07) is 0. The summed E-state index contributed by atoms with van der Waals surface area (Å²) in [4.78, 5) is 11.1. The predicted octanol–water partition coefficient (Wildman–Crippen LogP) is 3.48. The first kappa shape index (κ1) is 14.0. The lowest BCUT2D eigenvalue weighted by Crippen LogP contribution is -2.00. The lowest BCUT2D eigenvalue weighted by Gasteiger charge is -2.13. The SMILES string of the molecule is CCCCOP(OCCCC)C(C)=O. The van der Waals surface area contributed by atoms with Gasteiger partial charge < -0.3 is 9.05 Å². The summed E-state index contributed by atoms with van der Waals surface area (Å²) in [5, 5.41) is 0. The highest BCUT2D eigenvalue weighted by Crippen LogP contribution is 2.39. The number of carbonyl (C=O) groups excluding carboxylic acids is 1. The largest absolute Gasteiger partial charge is 0.329 e. The van der Waals surface area contributed by atoms with Crippen molar-refractivity contribution in [2.24, 2.45) is 0 Å². The van der Waals surface area contributed by atoms with Gasteiger partial charge in [-0.3, -0.25) is 4.79 Å². The minimum atomic E-state index is -1.28. The van der Waals surface area contributed by atoms with Crippen LogP contribution in [-0.4, -0.2) is 18.7 Å². The van der Waals surface area contributed by atoms with Gasteiger partial charge in [0.25, 0.3) is 0 Å². The first-order valence-electron chi connectivity index (χ1n) is 5.28. The first-order valence-corrected chi connectivity index (χ1v) is 6.46. The van der Waals surface area contributed by atoms with Crippen molar-refractivity contribution < 1.29 is 13.8 Å². The third kappa shape index (κ3) is 7.43. The highest BCUT2D eigenvalue weighted by atomic mass is 31.2. The van der Waals surface area contributed by atoms with Gasteiger partial charge in [-0.15, -0.1) is 0 Å². The van der Waals surface area contributed by atoms with Crippen LogP contribution < -0.4 is 0 Å². The molecule has 14 heavy (non-hydrogen) atoms. The predicted molar refractivity (Wildman–Crippen MR) is 59.3 cm³/mol. The van der Waals surface area contributed by atoms with E-state index in [9.17, 15) is 4.79 Å². The van der Waals surface area contributed by atoms with Crippen molar-refractivity contribution in [3.05, 3.63) is 0 Å². The number of hydrogen-bond donors (Lipinski definition) is 0. The van der Waals surface area contributed by atoms with Crippen LogP contribution in [0, 0.1) is 0 Å². The maximum Gasteiger partial charge on any atom is 0.243 e. The van der Waals surface area contributed by atoms with Crippen molar-refractivity contribution in [3.8, 4) is 0 Å². The minimum absolute atomic E-state index is 0.0206. The van der Waals surface area contributed by atoms with Crippen molar-refractivity contribution in [1.29, 1.82) is 0 Å². The Bertz CT molecular complexity index is 140. The number of unbranched alkanes of at least 4 members (excludes halogenated alkanes) is 2. The van der Waals surface area contributed by atoms with Crippen LogP contribution in [0.15, 0.2) is 0 Å². The molecule has 0 heterocycles. The monoisotopic (exact) mass is 220 g/mol. The van der Waals surface area contributed by atoms with Crippen LogP contribution in [0.3, 0.4) is 0 Å². The second-order valence-corrected chi connectivity index (χ2v) is 4.81. The van der Waals surface area contributed by atoms with Crippen molar-refractivity contribution >= 4 is 13.9 Å². The third-order valence-corrected chi connectivity index (χ3v) is 3.02. The summed E-state index contributed by atoms with van der Waals surface area (Å²) in [5.41, 5.74) is 0.0206. The quantitative estimate of drug-likeness (QED) is 0.441. The van der Waals surface area contributed by atoms with Gasteiger partial charge in [0.2, 0.25) is 13.9 Å². The molecule has 0 N–H and O–H groups in total. The van der Waals surface area contributed by atoms with Gasteiger partial charge in [-0.25, -0.2) is 0 Å². The number of carbonyl (C=O) groups is 1. The molecule has 0 rings (SSSR count). The Morgan fingerprint density at radius 3 is 1.79 bits per heavy atom. The van der Waals surface area contributed by atoms with E-state index in [1.807, 2.05) is 0 Å². The van der Waals surface area contributed by atoms with E-state index >= 15 is 0 Å². The average Bonchev–Trinajstić information content (AvgIpc) is 2.15. The summed E-state index contributed by atoms with van der Waals surface area (Å²) in [5.74, 6) is 0. The summed E-state index contributed by atoms with van der Waals surface area (Å²) in [6.07, 6.45) is 4.14. The lowest BCUT2D eigenvalue weighted by molar-refractivity contribution is -0.111. The topological polar surface area (TPSA) is 35.5 Å². The Morgan fingerprint density at radius 1 is 1.07 bits per heavy atom. The van der Waals surface area contributed by atoms with E-state index in [1.54, 1.807) is 0 Å². The van der Waals surface area contributed by atoms with Crippen molar-refractivity contribution in [2.45, 2.75) is 46.5 Å². The van der Waals surface area contributed by atoms with Crippen LogP contribution in [0.2, 0.25) is 0 Å². The molecule has 0 aliphatic heterocycles. The molecule has 0 atom stereocenters. The molecule has 0 spiro atoms. The van der Waals surface area contributed by atoms with Gasteiger partial charge in [-0.2, -0.15) is 0 Å². The van der Waals surface area contributed by atoms with Crippen LogP contribution in [0.5, 0.6) is 0 Å². The summed E-state index contributed by atoms with van der Waals surface area (Å²) >= 11 is 0. The van der Waals surface area contributed by atoms with E-state index in [4.69, 9.17) is 9.05 Å². The molecule has 3 nitrogen and oxygen atoms in total. The van der Waals surface area contributed by atoms with Gasteiger partial charge in [0.15, 0.2) is 0 Å². The molecule has 0 aromatic heterocycles. The molecule has 0 aromatic rings. The minimum Gasteiger partial charge on any atom is -0.329 e. The van der Waals surface area contributed by atoms with Crippen LogP contribution >= 0.6 is 8.38 Å². The molecule has 0 aromatic carbocycles. The Labute approximate surface area is 88.1 Å². The van der Waals surface area contributed by atoms with E-state index in [-0.39, 0.29) is 5.52 Å². The Kier molecular flexibility index (Phi) is 9.58. The van der Waals surface area contributed by atoms with Crippen molar-refractivity contribution in [2.75, 3.05) is 13.2 Å². The molecule has 0 saturated carbocycles. The Morgan fingerprint density at radius 2 is 1.50 bits per heavy atom. The summed E-state index contributed by atoms with van der Waals surface area (Å²) < 4.78 is 10.8. The fourth-order valence-electron chi connectivity index (χ4n) is 0.803. The Hall–Kier alpha value is 0.0200. The van der Waals surface area contributed by atoms with E-state index in [0.29, 0.717) is 13.2 Å². The smallest absolute Gasteiger partial charge is 0.243 e. The van der Waals surface area contributed by atoms with Crippen LogP contribution in [0.25, 0.3) is 0 Å². The number of rotatable bonds is 9. The van der Waals surface area contributed by atoms with E-state index in [1.165, 1.54) is 6.92 Å². The third-order valence-electron chi connectivity index (χ3n) is 1.67. The molecule has 0 unspecified atom stereocenters. The molecular formula is C10H21O3P. The number of hydrogen-bond acceptors (Lipinski definition) is 3. The molecular weight excluding hydrogens is 199 g/mol. The zero-order valence-corrected chi connectivity index (χ0v) is 10.3. The summed E-state index contributed by atoms with van der Waals surface area (Å²) in [6.45, 7) is 6.99. The molecule has 0 aliphatic carbocycles. The average molecular weight is 220 g/mol. The van der Waals surface area contributed by atoms with Gasteiger partial charge in [0.1, 0.15) is 0 Å². The van der Waals surface area contributed by atoms with Crippen molar-refractivity contribution in [1.82, 2.24) is 0 Å². The fourth-order valence-corrected chi connectivity index (χ4v) is 1.83. The maximum absolute atomic E-state index is 11.1. The lowest BCUT2D eigenvalue weighted by atomic mass is 10.4. The maximum atomic E-state index is 11.1. The Balaban J connectivity index is 3.61. The second-order valence-electron chi connectivity index (χ2n) is 3.15. The molecule has 0 amide bonds. The normalized spacial score (nSPS) is 10.9. The van der Waals surface area contributed by atoms with Gasteiger partial charge in [0.05, 0.1) is 13.2 Å². The van der Waals surface area contributed by atoms with Gasteiger partial charge in [0, 0.05) is 6.92 Å². The summed E-state index contributed by atoms with van der Waals surface area (Å²) in [7, 11) is -1.28. The van der Waals surface area contributed by atoms with Gasteiger partial charge >= 0.3 is 0 Å². The molecule has 0 saturated heterocycles. The molecule has 0 bridgehead atoms. The standard InChI is InChI=1S/C10H21O3P/c1-4-6-8-12-14(10(3)11)13-9-7-5-2/h4-9H2,1-3H3. The van der Waals surface area contributed by atoms with Gasteiger partial charge in [-0.1, -0.05) is 26.7 Å². The van der Waals surface area contributed by atoms with Crippen LogP contribution in [-0.2, 0) is 13.8 Å². The second kappa shape index (κ2) is 9.57. The molecule has 0 aliphatic rings. The molecule has 84 valence electrons. The highest BCUT2D eigenvalue weighted by molar-refractivity contribution is 7.65. The van der Waals surface area contributed by atoms with E-state index in [2.05, 4.69) is 13.8 Å². The fraction of sp³-hybridized carbons (Fsp3) is 0.900. The van der Waals surface area contributed by atoms with Crippen LogP contribution in [0.4, 0.5) is 0 Å². The zero-order valence-electron chi connectivity index (χ0n) is 9.41. The molecule has 0 radical (unpaired) electrons. The molecule has 0 fully saturated rings. The molecule has 4 heteroatoms. The van der Waals surface area contributed by atoms with Gasteiger partial charge in [-0.05, 0) is 12.8 Å². The zero-order chi connectivity index (χ0) is 10.8.